The highest BCUT2D eigenvalue weighted by Crippen LogP contribution is 2.19. The van der Waals surface area contributed by atoms with Crippen molar-refractivity contribution in [3.63, 3.8) is 0 Å². The van der Waals surface area contributed by atoms with Crippen molar-refractivity contribution >= 4 is 0 Å². The Balaban J connectivity index is 3.00. The summed E-state index contributed by atoms with van der Waals surface area (Å²) < 4.78 is 13.5. The van der Waals surface area contributed by atoms with Crippen molar-refractivity contribution in [2.45, 2.75) is 52.9 Å². The van der Waals surface area contributed by atoms with E-state index < -0.39 is 0 Å². The van der Waals surface area contributed by atoms with Crippen molar-refractivity contribution in [1.29, 1.82) is 0 Å². The van der Waals surface area contributed by atoms with Gasteiger partial charge in [-0.05, 0) is 37.3 Å². The van der Waals surface area contributed by atoms with Gasteiger partial charge in [0.2, 0.25) is 0 Å². The molecule has 0 aliphatic rings. The molecule has 15 heavy (non-hydrogen) atoms. The standard InChI is InChI=1S/C13H20FN/c1-5-6-7-12-10(4)8-11(14)13(15-12)9(2)3/h8-9H,5-7H2,1-4H3. The van der Waals surface area contributed by atoms with Gasteiger partial charge in [0.1, 0.15) is 5.82 Å². The molecule has 1 rings (SSSR count). The number of nitrogens with zero attached hydrogens (tertiary/aromatic N) is 1. The van der Waals surface area contributed by atoms with E-state index >= 15 is 0 Å². The summed E-state index contributed by atoms with van der Waals surface area (Å²) in [6.45, 7) is 8.04. The summed E-state index contributed by atoms with van der Waals surface area (Å²) in [5, 5.41) is 0. The maximum absolute atomic E-state index is 13.5. The van der Waals surface area contributed by atoms with Gasteiger partial charge in [0.05, 0.1) is 5.69 Å². The maximum atomic E-state index is 13.5. The van der Waals surface area contributed by atoms with Gasteiger partial charge in [0.15, 0.2) is 0 Å². The smallest absolute Gasteiger partial charge is 0.145 e. The van der Waals surface area contributed by atoms with Crippen molar-refractivity contribution in [1.82, 2.24) is 4.98 Å². The Bertz CT molecular complexity index is 332. The highest BCUT2D eigenvalue weighted by atomic mass is 19.1. The first-order valence-corrected chi connectivity index (χ1v) is 5.72. The molecular formula is C13H20FN. The molecular weight excluding hydrogens is 189 g/mol. The second-order valence-electron chi connectivity index (χ2n) is 4.38. The largest absolute Gasteiger partial charge is 0.254 e. The minimum atomic E-state index is -0.164. The van der Waals surface area contributed by atoms with Gasteiger partial charge in [-0.15, -0.1) is 0 Å². The van der Waals surface area contributed by atoms with Crippen molar-refractivity contribution in [3.05, 3.63) is 28.8 Å². The van der Waals surface area contributed by atoms with Gasteiger partial charge in [0.25, 0.3) is 0 Å². The minimum Gasteiger partial charge on any atom is -0.254 e. The minimum absolute atomic E-state index is 0.158. The second-order valence-corrected chi connectivity index (χ2v) is 4.38. The first kappa shape index (κ1) is 12.2. The Morgan fingerprint density at radius 1 is 1.40 bits per heavy atom. The molecule has 0 radical (unpaired) electrons. The van der Waals surface area contributed by atoms with Crippen LogP contribution in [0.25, 0.3) is 0 Å². The van der Waals surface area contributed by atoms with E-state index in [1.165, 1.54) is 0 Å². The predicted octanol–water partition coefficient (Wildman–Crippen LogP) is 4.00. The van der Waals surface area contributed by atoms with E-state index in [-0.39, 0.29) is 11.7 Å². The fourth-order valence-corrected chi connectivity index (χ4v) is 1.64. The average Bonchev–Trinajstić information content (AvgIpc) is 2.16. The molecule has 0 saturated carbocycles. The van der Waals surface area contributed by atoms with Crippen molar-refractivity contribution in [2.75, 3.05) is 0 Å². The van der Waals surface area contributed by atoms with Crippen LogP contribution >= 0.6 is 0 Å². The Hall–Kier alpha value is -0.920. The summed E-state index contributed by atoms with van der Waals surface area (Å²) in [7, 11) is 0. The lowest BCUT2D eigenvalue weighted by molar-refractivity contribution is 0.577. The summed E-state index contributed by atoms with van der Waals surface area (Å²) >= 11 is 0. The van der Waals surface area contributed by atoms with E-state index in [0.29, 0.717) is 5.69 Å². The van der Waals surface area contributed by atoms with Gasteiger partial charge in [-0.2, -0.15) is 0 Å². The number of aryl methyl sites for hydroxylation is 2. The fourth-order valence-electron chi connectivity index (χ4n) is 1.64. The van der Waals surface area contributed by atoms with Crippen molar-refractivity contribution < 1.29 is 4.39 Å². The SMILES string of the molecule is CCCCc1nc(C(C)C)c(F)cc1C. The lowest BCUT2D eigenvalue weighted by Gasteiger charge is -2.11. The van der Waals surface area contributed by atoms with Crippen LogP contribution in [-0.2, 0) is 6.42 Å². The fraction of sp³-hybridized carbons (Fsp3) is 0.615. The van der Waals surface area contributed by atoms with Gasteiger partial charge in [0, 0.05) is 5.69 Å². The van der Waals surface area contributed by atoms with Crippen molar-refractivity contribution in [3.8, 4) is 0 Å². The topological polar surface area (TPSA) is 12.9 Å². The molecule has 0 aliphatic carbocycles. The van der Waals surface area contributed by atoms with E-state index in [1.54, 1.807) is 6.07 Å². The first-order valence-electron chi connectivity index (χ1n) is 5.72. The summed E-state index contributed by atoms with van der Waals surface area (Å²) in [5.74, 6) is -0.00581. The number of hydrogen-bond acceptors (Lipinski definition) is 1. The second kappa shape index (κ2) is 5.24. The molecule has 0 spiro atoms. The first-order chi connectivity index (χ1) is 7.06. The average molecular weight is 209 g/mol. The van der Waals surface area contributed by atoms with E-state index in [2.05, 4.69) is 11.9 Å². The monoisotopic (exact) mass is 209 g/mol. The molecule has 0 aromatic carbocycles. The molecule has 1 heterocycles. The molecule has 0 N–H and O–H groups in total. The van der Waals surface area contributed by atoms with Gasteiger partial charge in [-0.3, -0.25) is 4.98 Å². The summed E-state index contributed by atoms with van der Waals surface area (Å²) in [4.78, 5) is 4.43. The van der Waals surface area contributed by atoms with Crippen LogP contribution in [0.1, 0.15) is 56.5 Å². The van der Waals surface area contributed by atoms with Gasteiger partial charge >= 0.3 is 0 Å². The number of unbranched alkanes of at least 4 members (excludes halogenated alkanes) is 1. The third-order valence-electron chi connectivity index (χ3n) is 2.61. The number of hydrogen-bond donors (Lipinski definition) is 0. The Kier molecular flexibility index (Phi) is 4.25. The van der Waals surface area contributed by atoms with Crippen LogP contribution in [0.3, 0.4) is 0 Å². The van der Waals surface area contributed by atoms with E-state index in [9.17, 15) is 4.39 Å². The van der Waals surface area contributed by atoms with Crippen LogP contribution in [0.2, 0.25) is 0 Å². The molecule has 0 fully saturated rings. The molecule has 1 aromatic rings. The third kappa shape index (κ3) is 3.01. The summed E-state index contributed by atoms with van der Waals surface area (Å²) in [6.07, 6.45) is 3.23. The van der Waals surface area contributed by atoms with Crippen LogP contribution in [0.5, 0.6) is 0 Å². The number of pyridine rings is 1. The molecule has 0 amide bonds. The van der Waals surface area contributed by atoms with Crippen LogP contribution in [0.4, 0.5) is 4.39 Å². The Morgan fingerprint density at radius 3 is 2.60 bits per heavy atom. The molecule has 0 atom stereocenters. The highest BCUT2D eigenvalue weighted by molar-refractivity contribution is 5.24. The normalized spacial score (nSPS) is 11.1. The summed E-state index contributed by atoms with van der Waals surface area (Å²) in [5.41, 5.74) is 2.64. The molecule has 2 heteroatoms. The van der Waals surface area contributed by atoms with Crippen LogP contribution in [-0.4, -0.2) is 4.98 Å². The number of halogens is 1. The molecule has 0 saturated heterocycles. The maximum Gasteiger partial charge on any atom is 0.145 e. The van der Waals surface area contributed by atoms with Gasteiger partial charge < -0.3 is 0 Å². The quantitative estimate of drug-likeness (QED) is 0.730. The van der Waals surface area contributed by atoms with Gasteiger partial charge in [-0.25, -0.2) is 4.39 Å². The zero-order chi connectivity index (χ0) is 11.4. The molecule has 84 valence electrons. The van der Waals surface area contributed by atoms with Gasteiger partial charge in [-0.1, -0.05) is 27.2 Å². The Morgan fingerprint density at radius 2 is 2.07 bits per heavy atom. The molecule has 1 nitrogen and oxygen atoms in total. The van der Waals surface area contributed by atoms with E-state index in [0.717, 1.165) is 30.5 Å². The lowest BCUT2D eigenvalue weighted by Crippen LogP contribution is -2.04. The molecule has 0 bridgehead atoms. The predicted molar refractivity (Wildman–Crippen MR) is 61.6 cm³/mol. The third-order valence-corrected chi connectivity index (χ3v) is 2.61. The zero-order valence-electron chi connectivity index (χ0n) is 10.1. The Labute approximate surface area is 91.7 Å². The molecule has 1 aromatic heterocycles. The summed E-state index contributed by atoms with van der Waals surface area (Å²) in [6, 6.07) is 1.62. The van der Waals surface area contributed by atoms with Crippen molar-refractivity contribution in [2.24, 2.45) is 0 Å². The number of aromatic nitrogens is 1. The molecule has 0 unspecified atom stereocenters. The van der Waals surface area contributed by atoms with E-state index in [1.807, 2.05) is 20.8 Å². The lowest BCUT2D eigenvalue weighted by atomic mass is 10.0. The molecule has 0 aliphatic heterocycles. The van der Waals surface area contributed by atoms with Crippen LogP contribution < -0.4 is 0 Å². The zero-order valence-corrected chi connectivity index (χ0v) is 10.1. The van der Waals surface area contributed by atoms with E-state index in [4.69, 9.17) is 0 Å². The number of rotatable bonds is 4. The van der Waals surface area contributed by atoms with Crippen LogP contribution in [0, 0.1) is 12.7 Å². The highest BCUT2D eigenvalue weighted by Gasteiger charge is 2.11. The van der Waals surface area contributed by atoms with Crippen LogP contribution in [0.15, 0.2) is 6.07 Å².